The summed E-state index contributed by atoms with van der Waals surface area (Å²) in [5.74, 6) is -1.24. The van der Waals surface area contributed by atoms with Crippen LogP contribution in [0.3, 0.4) is 0 Å². The lowest BCUT2D eigenvalue weighted by Gasteiger charge is -2.05. The summed E-state index contributed by atoms with van der Waals surface area (Å²) in [4.78, 5) is 0. The van der Waals surface area contributed by atoms with Gasteiger partial charge in [-0.1, -0.05) is 12.2 Å². The molecule has 1 rings (SSSR count). The first-order valence-corrected chi connectivity index (χ1v) is 5.07. The lowest BCUT2D eigenvalue weighted by molar-refractivity contribution is 0.586. The average Bonchev–Trinajstić information content (AvgIpc) is 2.09. The third kappa shape index (κ3) is 2.93. The Morgan fingerprint density at radius 3 is 2.69 bits per heavy atom. The SMILES string of the molecule is CSC(=S)Nc1ccc(F)cc1F. The molecule has 5 heteroatoms. The molecule has 0 atom stereocenters. The van der Waals surface area contributed by atoms with Gasteiger partial charge in [0.1, 0.15) is 16.0 Å². The smallest absolute Gasteiger partial charge is 0.149 e. The fraction of sp³-hybridized carbons (Fsp3) is 0.125. The van der Waals surface area contributed by atoms with Gasteiger partial charge in [0.05, 0.1) is 5.69 Å². The molecule has 0 aromatic heterocycles. The maximum atomic E-state index is 13.0. The minimum absolute atomic E-state index is 0.195. The van der Waals surface area contributed by atoms with E-state index in [2.05, 4.69) is 5.32 Å². The third-order valence-electron chi connectivity index (χ3n) is 1.35. The monoisotopic (exact) mass is 219 g/mol. The summed E-state index contributed by atoms with van der Waals surface area (Å²) in [7, 11) is 0. The summed E-state index contributed by atoms with van der Waals surface area (Å²) in [5.41, 5.74) is 0.195. The fourth-order valence-corrected chi connectivity index (χ4v) is 1.07. The van der Waals surface area contributed by atoms with Crippen molar-refractivity contribution in [1.82, 2.24) is 0 Å². The van der Waals surface area contributed by atoms with E-state index in [0.717, 1.165) is 6.07 Å². The van der Waals surface area contributed by atoms with Crippen LogP contribution < -0.4 is 5.32 Å². The van der Waals surface area contributed by atoms with Gasteiger partial charge in [0.25, 0.3) is 0 Å². The van der Waals surface area contributed by atoms with Gasteiger partial charge in [-0.05, 0) is 18.4 Å². The largest absolute Gasteiger partial charge is 0.339 e. The number of benzene rings is 1. The molecule has 0 aliphatic carbocycles. The Balaban J connectivity index is 2.83. The Morgan fingerprint density at radius 2 is 2.15 bits per heavy atom. The molecule has 0 saturated heterocycles. The molecule has 0 aliphatic rings. The van der Waals surface area contributed by atoms with E-state index in [1.54, 1.807) is 6.26 Å². The Hall–Kier alpha value is -0.680. The molecular formula is C8H7F2NS2. The van der Waals surface area contributed by atoms with Gasteiger partial charge in [-0.25, -0.2) is 8.78 Å². The molecule has 0 spiro atoms. The van der Waals surface area contributed by atoms with Crippen LogP contribution in [0.2, 0.25) is 0 Å². The number of nitrogens with one attached hydrogen (secondary N) is 1. The molecule has 1 aromatic carbocycles. The molecule has 1 N–H and O–H groups in total. The van der Waals surface area contributed by atoms with Gasteiger partial charge in [0.2, 0.25) is 0 Å². The first-order valence-electron chi connectivity index (χ1n) is 3.43. The number of hydrogen-bond acceptors (Lipinski definition) is 2. The van der Waals surface area contributed by atoms with E-state index in [0.29, 0.717) is 4.32 Å². The standard InChI is InChI=1S/C8H7F2NS2/c1-13-8(12)11-7-3-2-5(9)4-6(7)10/h2-4H,1H3,(H,11,12). The molecule has 0 fully saturated rings. The average molecular weight is 219 g/mol. The van der Waals surface area contributed by atoms with Crippen molar-refractivity contribution in [1.29, 1.82) is 0 Å². The summed E-state index contributed by atoms with van der Waals surface area (Å²) in [5, 5.41) is 2.64. The molecule has 0 saturated carbocycles. The highest BCUT2D eigenvalue weighted by Gasteiger charge is 2.04. The zero-order valence-electron chi connectivity index (χ0n) is 6.80. The minimum atomic E-state index is -0.642. The number of hydrogen-bond donors (Lipinski definition) is 1. The molecule has 13 heavy (non-hydrogen) atoms. The minimum Gasteiger partial charge on any atom is -0.339 e. The van der Waals surface area contributed by atoms with Gasteiger partial charge in [-0.2, -0.15) is 0 Å². The van der Waals surface area contributed by atoms with Crippen LogP contribution in [0.1, 0.15) is 0 Å². The maximum absolute atomic E-state index is 13.0. The van der Waals surface area contributed by atoms with Gasteiger partial charge in [-0.3, -0.25) is 0 Å². The molecule has 0 aliphatic heterocycles. The molecule has 0 heterocycles. The van der Waals surface area contributed by atoms with E-state index in [9.17, 15) is 8.78 Å². The van der Waals surface area contributed by atoms with Crippen LogP contribution in [0.15, 0.2) is 18.2 Å². The predicted octanol–water partition coefficient (Wildman–Crippen LogP) is 3.02. The predicted molar refractivity (Wildman–Crippen MR) is 56.1 cm³/mol. The lowest BCUT2D eigenvalue weighted by atomic mass is 10.3. The summed E-state index contributed by atoms with van der Waals surface area (Å²) in [6.45, 7) is 0. The molecule has 1 nitrogen and oxygen atoms in total. The lowest BCUT2D eigenvalue weighted by Crippen LogP contribution is -2.05. The van der Waals surface area contributed by atoms with Gasteiger partial charge < -0.3 is 5.32 Å². The maximum Gasteiger partial charge on any atom is 0.149 e. The van der Waals surface area contributed by atoms with Crippen molar-refractivity contribution in [3.63, 3.8) is 0 Å². The van der Waals surface area contributed by atoms with E-state index in [-0.39, 0.29) is 5.69 Å². The second kappa shape index (κ2) is 4.53. The number of thioether (sulfide) groups is 1. The summed E-state index contributed by atoms with van der Waals surface area (Å²) in [6, 6.07) is 3.30. The number of thiocarbonyl (C=S) groups is 1. The number of halogens is 2. The molecule has 70 valence electrons. The Kier molecular flexibility index (Phi) is 3.62. The highest BCUT2D eigenvalue weighted by Crippen LogP contribution is 2.16. The summed E-state index contributed by atoms with van der Waals surface area (Å²) >= 11 is 6.11. The quantitative estimate of drug-likeness (QED) is 0.729. The van der Waals surface area contributed by atoms with Crippen molar-refractivity contribution in [2.45, 2.75) is 0 Å². The molecule has 0 radical (unpaired) electrons. The Labute approximate surface area is 84.5 Å². The molecule has 1 aromatic rings. The Bertz CT molecular complexity index is 328. The molecular weight excluding hydrogens is 212 g/mol. The van der Waals surface area contributed by atoms with Crippen LogP contribution in [0.25, 0.3) is 0 Å². The van der Waals surface area contributed by atoms with E-state index in [1.807, 2.05) is 0 Å². The van der Waals surface area contributed by atoms with Gasteiger partial charge in [0, 0.05) is 6.07 Å². The van der Waals surface area contributed by atoms with E-state index < -0.39 is 11.6 Å². The molecule has 0 unspecified atom stereocenters. The summed E-state index contributed by atoms with van der Waals surface area (Å²) < 4.78 is 25.9. The van der Waals surface area contributed by atoms with Crippen LogP contribution in [-0.4, -0.2) is 10.6 Å². The van der Waals surface area contributed by atoms with E-state index >= 15 is 0 Å². The van der Waals surface area contributed by atoms with E-state index in [1.165, 1.54) is 23.9 Å². The highest BCUT2D eigenvalue weighted by molar-refractivity contribution is 8.22. The zero-order chi connectivity index (χ0) is 9.84. The van der Waals surface area contributed by atoms with Crippen molar-refractivity contribution in [3.8, 4) is 0 Å². The van der Waals surface area contributed by atoms with Crippen molar-refractivity contribution < 1.29 is 8.78 Å². The van der Waals surface area contributed by atoms with Gasteiger partial charge in [0.15, 0.2) is 0 Å². The normalized spacial score (nSPS) is 9.77. The zero-order valence-corrected chi connectivity index (χ0v) is 8.44. The van der Waals surface area contributed by atoms with Crippen molar-refractivity contribution in [3.05, 3.63) is 29.8 Å². The van der Waals surface area contributed by atoms with Crippen LogP contribution >= 0.6 is 24.0 Å². The second-order valence-corrected chi connectivity index (χ2v) is 3.72. The van der Waals surface area contributed by atoms with Gasteiger partial charge >= 0.3 is 0 Å². The number of rotatable bonds is 1. The first-order chi connectivity index (χ1) is 6.13. The van der Waals surface area contributed by atoms with Crippen LogP contribution in [0.4, 0.5) is 14.5 Å². The van der Waals surface area contributed by atoms with Crippen molar-refractivity contribution >= 4 is 34.0 Å². The van der Waals surface area contributed by atoms with Crippen molar-refractivity contribution in [2.75, 3.05) is 11.6 Å². The fourth-order valence-electron chi connectivity index (χ4n) is 0.752. The van der Waals surface area contributed by atoms with Crippen molar-refractivity contribution in [2.24, 2.45) is 0 Å². The highest BCUT2D eigenvalue weighted by atomic mass is 32.2. The van der Waals surface area contributed by atoms with Crippen LogP contribution in [0.5, 0.6) is 0 Å². The Morgan fingerprint density at radius 1 is 1.46 bits per heavy atom. The number of anilines is 1. The van der Waals surface area contributed by atoms with Gasteiger partial charge in [-0.15, -0.1) is 11.8 Å². The van der Waals surface area contributed by atoms with Crippen LogP contribution in [-0.2, 0) is 0 Å². The topological polar surface area (TPSA) is 12.0 Å². The molecule has 0 bridgehead atoms. The third-order valence-corrected chi connectivity index (χ3v) is 2.43. The first kappa shape index (κ1) is 10.4. The van der Waals surface area contributed by atoms with Crippen LogP contribution in [0, 0.1) is 11.6 Å². The molecule has 0 amide bonds. The second-order valence-electron chi connectivity index (χ2n) is 2.24. The van der Waals surface area contributed by atoms with E-state index in [4.69, 9.17) is 12.2 Å². The summed E-state index contributed by atoms with van der Waals surface area (Å²) in [6.07, 6.45) is 1.77.